The normalized spacial score (nSPS) is 18.0. The van der Waals surface area contributed by atoms with Crippen molar-refractivity contribution in [3.63, 3.8) is 0 Å². The summed E-state index contributed by atoms with van der Waals surface area (Å²) in [5.74, 6) is -9.19. The first kappa shape index (κ1) is 33.2. The summed E-state index contributed by atoms with van der Waals surface area (Å²) < 4.78 is 101. The Balaban J connectivity index is 1.73. The number of halogens is 7. The molecule has 1 fully saturated rings. The number of alkyl halides is 6. The summed E-state index contributed by atoms with van der Waals surface area (Å²) >= 11 is 0. The van der Waals surface area contributed by atoms with Crippen molar-refractivity contribution in [2.45, 2.75) is 95.6 Å². The van der Waals surface area contributed by atoms with E-state index in [1.54, 1.807) is 13.8 Å². The SMILES string of the molecule is CC(C)n1ncnc1C(=O)N[C@H](c1nc2c(F)c([C@H](C(=O)NCC(C)(C)F)C(F)C(F)F)ccc2[nH]1)C1CCC(F)(F)CC1. The molecule has 2 heterocycles. The van der Waals surface area contributed by atoms with Crippen LogP contribution in [0.4, 0.5) is 30.7 Å². The first-order valence-electron chi connectivity index (χ1n) is 14.1. The van der Waals surface area contributed by atoms with Gasteiger partial charge in [0.25, 0.3) is 12.3 Å². The van der Waals surface area contributed by atoms with E-state index in [2.05, 4.69) is 25.4 Å². The molecule has 3 N–H and O–H groups in total. The van der Waals surface area contributed by atoms with E-state index in [1.807, 2.05) is 5.32 Å². The maximum Gasteiger partial charge on any atom is 0.289 e. The number of amides is 2. The number of fused-ring (bicyclic) bond motifs is 1. The van der Waals surface area contributed by atoms with Gasteiger partial charge < -0.3 is 15.6 Å². The molecule has 0 spiro atoms. The Hall–Kier alpha value is -3.72. The number of aromatic nitrogens is 5. The van der Waals surface area contributed by atoms with Gasteiger partial charge in [-0.15, -0.1) is 0 Å². The van der Waals surface area contributed by atoms with E-state index < -0.39 is 90.2 Å². The van der Waals surface area contributed by atoms with Crippen molar-refractivity contribution < 1.29 is 40.3 Å². The number of nitrogens with zero attached hydrogens (tertiary/aromatic N) is 4. The number of benzene rings is 1. The number of hydrogen-bond donors (Lipinski definition) is 3. The molecule has 3 atom stereocenters. The van der Waals surface area contributed by atoms with E-state index in [1.165, 1.54) is 17.1 Å². The maximum absolute atomic E-state index is 15.9. The van der Waals surface area contributed by atoms with Gasteiger partial charge in [0.05, 0.1) is 18.1 Å². The van der Waals surface area contributed by atoms with Gasteiger partial charge in [-0.2, -0.15) is 5.10 Å². The van der Waals surface area contributed by atoms with Crippen LogP contribution in [0.2, 0.25) is 0 Å². The topological polar surface area (TPSA) is 118 Å². The zero-order valence-electron chi connectivity index (χ0n) is 24.5. The van der Waals surface area contributed by atoms with Crippen LogP contribution in [-0.2, 0) is 4.79 Å². The predicted octanol–water partition coefficient (Wildman–Crippen LogP) is 5.72. The highest BCUT2D eigenvalue weighted by molar-refractivity contribution is 5.91. The fourth-order valence-corrected chi connectivity index (χ4v) is 5.28. The highest BCUT2D eigenvalue weighted by Gasteiger charge is 2.41. The highest BCUT2D eigenvalue weighted by Crippen LogP contribution is 2.42. The summed E-state index contributed by atoms with van der Waals surface area (Å²) in [5.41, 5.74) is -3.13. The highest BCUT2D eigenvalue weighted by atomic mass is 19.3. The predicted molar refractivity (Wildman–Crippen MR) is 145 cm³/mol. The number of carbonyl (C=O) groups excluding carboxylic acids is 2. The number of hydrogen-bond acceptors (Lipinski definition) is 5. The molecule has 2 aromatic heterocycles. The molecule has 1 aliphatic rings. The van der Waals surface area contributed by atoms with Crippen LogP contribution in [0.25, 0.3) is 11.0 Å². The lowest BCUT2D eigenvalue weighted by molar-refractivity contribution is -0.126. The second-order valence-corrected chi connectivity index (χ2v) is 11.9. The van der Waals surface area contributed by atoms with Crippen LogP contribution in [0, 0.1) is 11.7 Å². The van der Waals surface area contributed by atoms with E-state index in [-0.39, 0.29) is 36.0 Å². The summed E-state index contributed by atoms with van der Waals surface area (Å²) in [5, 5.41) is 8.82. The minimum atomic E-state index is -3.66. The molecule has 9 nitrogen and oxygen atoms in total. The third-order valence-electron chi connectivity index (χ3n) is 7.58. The summed E-state index contributed by atoms with van der Waals surface area (Å²) in [6.07, 6.45) is -6.54. The molecular formula is C28H34F7N7O2. The smallest absolute Gasteiger partial charge is 0.289 e. The van der Waals surface area contributed by atoms with Crippen LogP contribution < -0.4 is 10.6 Å². The molecule has 0 saturated heterocycles. The minimum Gasteiger partial charge on any atom is -0.352 e. The number of nitrogens with one attached hydrogen (secondary N) is 3. The maximum atomic E-state index is 15.9. The Kier molecular flexibility index (Phi) is 9.59. The monoisotopic (exact) mass is 633 g/mol. The van der Waals surface area contributed by atoms with Gasteiger partial charge in [-0.25, -0.2) is 45.4 Å². The lowest BCUT2D eigenvalue weighted by Crippen LogP contribution is -2.42. The van der Waals surface area contributed by atoms with Gasteiger partial charge in [-0.1, -0.05) is 6.07 Å². The molecule has 1 unspecified atom stereocenters. The van der Waals surface area contributed by atoms with Gasteiger partial charge in [0.1, 0.15) is 29.3 Å². The lowest BCUT2D eigenvalue weighted by Gasteiger charge is -2.33. The van der Waals surface area contributed by atoms with Gasteiger partial charge in [-0.3, -0.25) is 9.59 Å². The van der Waals surface area contributed by atoms with Gasteiger partial charge in [0, 0.05) is 24.4 Å². The molecule has 2 amide bonds. The van der Waals surface area contributed by atoms with E-state index >= 15 is 4.39 Å². The lowest BCUT2D eigenvalue weighted by atomic mass is 9.81. The molecule has 0 bridgehead atoms. The molecule has 4 rings (SSSR count). The first-order valence-corrected chi connectivity index (χ1v) is 14.1. The second kappa shape index (κ2) is 12.7. The fraction of sp³-hybridized carbons (Fsp3) is 0.607. The Morgan fingerprint density at radius 2 is 1.82 bits per heavy atom. The Bertz CT molecular complexity index is 1470. The second-order valence-electron chi connectivity index (χ2n) is 11.9. The van der Waals surface area contributed by atoms with E-state index in [9.17, 15) is 35.9 Å². The zero-order chi connectivity index (χ0) is 32.6. The van der Waals surface area contributed by atoms with Gasteiger partial charge in [-0.05, 0) is 52.5 Å². The van der Waals surface area contributed by atoms with E-state index in [0.717, 1.165) is 19.9 Å². The van der Waals surface area contributed by atoms with Crippen molar-refractivity contribution >= 4 is 22.8 Å². The Morgan fingerprint density at radius 3 is 2.41 bits per heavy atom. The van der Waals surface area contributed by atoms with Crippen molar-refractivity contribution in [1.82, 2.24) is 35.4 Å². The number of rotatable bonds is 11. The molecule has 16 heteroatoms. The Morgan fingerprint density at radius 1 is 1.16 bits per heavy atom. The van der Waals surface area contributed by atoms with Crippen molar-refractivity contribution in [2.24, 2.45) is 5.92 Å². The van der Waals surface area contributed by atoms with Crippen LogP contribution in [0.3, 0.4) is 0 Å². The largest absolute Gasteiger partial charge is 0.352 e. The quantitative estimate of drug-likeness (QED) is 0.234. The minimum absolute atomic E-state index is 0.00925. The standard InChI is InChI=1S/C28H34F7N7O2/c1-13(2)42-24(37-12-38-42)26(44)41-20(14-7-9-28(34,35)10-8-14)23-39-16-6-5-15(18(29)21(16)40-23)17(19(30)22(31)32)25(43)36-11-27(3,4)33/h5-6,12-14,17,19-20,22H,7-11H2,1-4H3,(H,36,43)(H,39,40)(H,41,44)/t17-,19?,20-/m0/s1. The molecule has 44 heavy (non-hydrogen) atoms. The first-order chi connectivity index (χ1) is 20.5. The average Bonchev–Trinajstić information content (AvgIpc) is 3.60. The zero-order valence-corrected chi connectivity index (χ0v) is 24.5. The molecule has 0 radical (unpaired) electrons. The molecule has 1 aromatic carbocycles. The molecule has 242 valence electrons. The summed E-state index contributed by atoms with van der Waals surface area (Å²) in [4.78, 5) is 37.1. The molecule has 1 saturated carbocycles. The fourth-order valence-electron chi connectivity index (χ4n) is 5.28. The molecule has 0 aliphatic heterocycles. The molecule has 3 aromatic rings. The van der Waals surface area contributed by atoms with Gasteiger partial charge >= 0.3 is 0 Å². The van der Waals surface area contributed by atoms with Crippen LogP contribution in [-0.4, -0.2) is 67.3 Å². The average molecular weight is 634 g/mol. The molecular weight excluding hydrogens is 599 g/mol. The summed E-state index contributed by atoms with van der Waals surface area (Å²) in [6.45, 7) is 5.12. The Labute approximate surface area is 248 Å². The van der Waals surface area contributed by atoms with Gasteiger partial charge in [0.15, 0.2) is 12.0 Å². The number of carbonyl (C=O) groups is 2. The number of H-pyrrole nitrogens is 1. The van der Waals surface area contributed by atoms with Crippen LogP contribution in [0.1, 0.15) is 93.4 Å². The van der Waals surface area contributed by atoms with Gasteiger partial charge in [0.2, 0.25) is 17.7 Å². The third kappa shape index (κ3) is 7.32. The van der Waals surface area contributed by atoms with E-state index in [0.29, 0.717) is 0 Å². The van der Waals surface area contributed by atoms with Crippen LogP contribution >= 0.6 is 0 Å². The van der Waals surface area contributed by atoms with Crippen LogP contribution in [0.15, 0.2) is 18.5 Å². The van der Waals surface area contributed by atoms with Crippen molar-refractivity contribution in [3.8, 4) is 0 Å². The summed E-state index contributed by atoms with van der Waals surface area (Å²) in [6, 6.07) is 0.870. The summed E-state index contributed by atoms with van der Waals surface area (Å²) in [7, 11) is 0. The van der Waals surface area contributed by atoms with Crippen molar-refractivity contribution in [2.75, 3.05) is 6.54 Å². The van der Waals surface area contributed by atoms with E-state index in [4.69, 9.17) is 0 Å². The molecule has 1 aliphatic carbocycles. The number of aromatic amines is 1. The van der Waals surface area contributed by atoms with Crippen molar-refractivity contribution in [1.29, 1.82) is 0 Å². The third-order valence-corrected chi connectivity index (χ3v) is 7.58. The number of imidazole rings is 1. The van der Waals surface area contributed by atoms with Crippen molar-refractivity contribution in [3.05, 3.63) is 41.5 Å². The van der Waals surface area contributed by atoms with Crippen LogP contribution in [0.5, 0.6) is 0 Å².